The molecule has 0 aliphatic rings. The number of ketones is 1. The highest BCUT2D eigenvalue weighted by Crippen LogP contribution is 2.19. The first-order valence-electron chi connectivity index (χ1n) is 5.89. The molecule has 1 nitrogen and oxygen atoms in total. The average molecular weight is 315 g/mol. The summed E-state index contributed by atoms with van der Waals surface area (Å²) in [5, 5.41) is 0.196. The van der Waals surface area contributed by atoms with Gasteiger partial charge in [0, 0.05) is 17.0 Å². The second-order valence-electron chi connectivity index (χ2n) is 4.33. The molecule has 104 valence electrons. The van der Waals surface area contributed by atoms with Crippen LogP contribution in [0, 0.1) is 11.6 Å². The molecule has 2 rings (SSSR count). The first-order chi connectivity index (χ1) is 9.45. The van der Waals surface area contributed by atoms with Gasteiger partial charge in [0.1, 0.15) is 11.6 Å². The second-order valence-corrected chi connectivity index (χ2v) is 5.17. The van der Waals surface area contributed by atoms with E-state index in [4.69, 9.17) is 23.2 Å². The number of carbonyl (C=O) groups is 1. The zero-order valence-corrected chi connectivity index (χ0v) is 11.8. The molecule has 0 aromatic heterocycles. The molecule has 0 saturated heterocycles. The lowest BCUT2D eigenvalue weighted by Gasteiger charge is -2.04. The van der Waals surface area contributed by atoms with Crippen molar-refractivity contribution in [2.24, 2.45) is 0 Å². The van der Waals surface area contributed by atoms with Crippen molar-refractivity contribution in [2.75, 3.05) is 0 Å². The van der Waals surface area contributed by atoms with Crippen molar-refractivity contribution in [3.8, 4) is 0 Å². The summed E-state index contributed by atoms with van der Waals surface area (Å²) in [7, 11) is 0. The van der Waals surface area contributed by atoms with Crippen LogP contribution in [0.25, 0.3) is 0 Å². The van der Waals surface area contributed by atoms with Crippen LogP contribution >= 0.6 is 23.2 Å². The van der Waals surface area contributed by atoms with E-state index in [2.05, 4.69) is 0 Å². The van der Waals surface area contributed by atoms with E-state index < -0.39 is 11.6 Å². The van der Waals surface area contributed by atoms with Crippen molar-refractivity contribution in [1.82, 2.24) is 0 Å². The van der Waals surface area contributed by atoms with Gasteiger partial charge in [0.25, 0.3) is 0 Å². The second kappa shape index (κ2) is 6.33. The van der Waals surface area contributed by atoms with Gasteiger partial charge in [-0.1, -0.05) is 23.2 Å². The Bertz CT molecular complexity index is 636. The molecular weight excluding hydrogens is 305 g/mol. The van der Waals surface area contributed by atoms with Crippen molar-refractivity contribution in [1.29, 1.82) is 0 Å². The minimum Gasteiger partial charge on any atom is -0.294 e. The molecule has 0 saturated carbocycles. The van der Waals surface area contributed by atoms with E-state index in [0.29, 0.717) is 17.5 Å². The van der Waals surface area contributed by atoms with Crippen LogP contribution in [0.5, 0.6) is 0 Å². The topological polar surface area (TPSA) is 17.1 Å². The van der Waals surface area contributed by atoms with Crippen molar-refractivity contribution < 1.29 is 13.6 Å². The van der Waals surface area contributed by atoms with Gasteiger partial charge in [-0.3, -0.25) is 4.79 Å². The first-order valence-corrected chi connectivity index (χ1v) is 6.64. The number of Topliss-reactive ketones (excluding diaryl/α,β-unsaturated/α-hetero) is 1. The molecule has 0 radical (unpaired) electrons. The summed E-state index contributed by atoms with van der Waals surface area (Å²) in [5.74, 6) is -1.20. The van der Waals surface area contributed by atoms with Crippen LogP contribution in [0.15, 0.2) is 36.4 Å². The van der Waals surface area contributed by atoms with Crippen molar-refractivity contribution in [2.45, 2.75) is 12.8 Å². The number of rotatable bonds is 4. The van der Waals surface area contributed by atoms with Crippen LogP contribution in [0.3, 0.4) is 0 Å². The Hall–Kier alpha value is -1.45. The van der Waals surface area contributed by atoms with Crippen LogP contribution in [0.1, 0.15) is 22.3 Å². The molecule has 0 amide bonds. The predicted octanol–water partition coefficient (Wildman–Crippen LogP) is 5.09. The van der Waals surface area contributed by atoms with Crippen molar-refractivity contribution >= 4 is 29.0 Å². The van der Waals surface area contributed by atoms with Gasteiger partial charge in [0.15, 0.2) is 5.78 Å². The Morgan fingerprint density at radius 2 is 1.80 bits per heavy atom. The fourth-order valence-corrected chi connectivity index (χ4v) is 2.25. The molecule has 0 fully saturated rings. The number of hydrogen-bond acceptors (Lipinski definition) is 1. The SMILES string of the molecule is O=C(CCc1cc(F)cc(Cl)c1)c1ccc(F)c(Cl)c1. The Balaban J connectivity index is 2.06. The lowest BCUT2D eigenvalue weighted by atomic mass is 10.0. The van der Waals surface area contributed by atoms with Crippen LogP contribution in [-0.2, 0) is 6.42 Å². The Kier molecular flexibility index (Phi) is 4.73. The molecule has 0 heterocycles. The summed E-state index contributed by atoms with van der Waals surface area (Å²) < 4.78 is 26.1. The van der Waals surface area contributed by atoms with Gasteiger partial charge in [-0.05, 0) is 48.4 Å². The monoisotopic (exact) mass is 314 g/mol. The largest absolute Gasteiger partial charge is 0.294 e. The molecule has 2 aromatic rings. The van der Waals surface area contributed by atoms with Crippen molar-refractivity contribution in [3.63, 3.8) is 0 Å². The van der Waals surface area contributed by atoms with E-state index >= 15 is 0 Å². The number of halogens is 4. The third-order valence-electron chi connectivity index (χ3n) is 2.80. The van der Waals surface area contributed by atoms with Gasteiger partial charge in [0.05, 0.1) is 5.02 Å². The minimum absolute atomic E-state index is 0.0929. The number of carbonyl (C=O) groups excluding carboxylic acids is 1. The molecule has 2 aromatic carbocycles. The average Bonchev–Trinajstić information content (AvgIpc) is 2.38. The Morgan fingerprint density at radius 3 is 2.45 bits per heavy atom. The standard InChI is InChI=1S/C15H10Cl2F2O/c16-11-5-9(6-12(18)8-11)1-4-15(20)10-2-3-14(19)13(17)7-10/h2-3,5-8H,1,4H2. The molecule has 0 aliphatic heterocycles. The van der Waals surface area contributed by atoms with Crippen LogP contribution < -0.4 is 0 Å². The van der Waals surface area contributed by atoms with Gasteiger partial charge in [-0.25, -0.2) is 8.78 Å². The van der Waals surface area contributed by atoms with E-state index in [1.807, 2.05) is 0 Å². The maximum Gasteiger partial charge on any atom is 0.163 e. The summed E-state index contributed by atoms with van der Waals surface area (Å²) in [4.78, 5) is 11.9. The third-order valence-corrected chi connectivity index (χ3v) is 3.31. The van der Waals surface area contributed by atoms with Gasteiger partial charge < -0.3 is 0 Å². The molecule has 0 bridgehead atoms. The number of hydrogen-bond donors (Lipinski definition) is 0. The van der Waals surface area contributed by atoms with Crippen LogP contribution in [-0.4, -0.2) is 5.78 Å². The molecule has 0 aliphatic carbocycles. The Morgan fingerprint density at radius 1 is 1.05 bits per heavy atom. The molecule has 5 heteroatoms. The third kappa shape index (κ3) is 3.78. The van der Waals surface area contributed by atoms with E-state index in [9.17, 15) is 13.6 Å². The van der Waals surface area contributed by atoms with E-state index in [0.717, 1.165) is 6.07 Å². The summed E-state index contributed by atoms with van der Waals surface area (Å²) >= 11 is 11.4. The molecule has 0 unspecified atom stereocenters. The molecule has 0 spiro atoms. The maximum atomic E-state index is 13.1. The Labute approximate surface area is 125 Å². The summed E-state index contributed by atoms with van der Waals surface area (Å²) in [6.45, 7) is 0. The summed E-state index contributed by atoms with van der Waals surface area (Å²) in [6.07, 6.45) is 0.521. The van der Waals surface area contributed by atoms with Crippen LogP contribution in [0.2, 0.25) is 10.0 Å². The fourth-order valence-electron chi connectivity index (χ4n) is 1.83. The van der Waals surface area contributed by atoms with Crippen LogP contribution in [0.4, 0.5) is 8.78 Å². The maximum absolute atomic E-state index is 13.1. The summed E-state index contributed by atoms with van der Waals surface area (Å²) in [5.41, 5.74) is 0.968. The zero-order valence-electron chi connectivity index (χ0n) is 10.3. The first kappa shape index (κ1) is 14.9. The van der Waals surface area contributed by atoms with E-state index in [1.165, 1.54) is 24.3 Å². The number of aryl methyl sites for hydroxylation is 1. The molecule has 20 heavy (non-hydrogen) atoms. The normalized spacial score (nSPS) is 10.6. The lowest BCUT2D eigenvalue weighted by Crippen LogP contribution is -2.02. The fraction of sp³-hybridized carbons (Fsp3) is 0.133. The van der Waals surface area contributed by atoms with Gasteiger partial charge in [-0.15, -0.1) is 0 Å². The smallest absolute Gasteiger partial charge is 0.163 e. The highest BCUT2D eigenvalue weighted by molar-refractivity contribution is 6.31. The van der Waals surface area contributed by atoms with Crippen molar-refractivity contribution in [3.05, 3.63) is 69.2 Å². The van der Waals surface area contributed by atoms with Gasteiger partial charge in [-0.2, -0.15) is 0 Å². The minimum atomic E-state index is -0.569. The highest BCUT2D eigenvalue weighted by atomic mass is 35.5. The lowest BCUT2D eigenvalue weighted by molar-refractivity contribution is 0.0982. The highest BCUT2D eigenvalue weighted by Gasteiger charge is 2.10. The quantitative estimate of drug-likeness (QED) is 0.719. The van der Waals surface area contributed by atoms with Gasteiger partial charge in [0.2, 0.25) is 0 Å². The molecular formula is C15H10Cl2F2O. The zero-order chi connectivity index (χ0) is 14.7. The molecule has 0 N–H and O–H groups in total. The van der Waals surface area contributed by atoms with E-state index in [-0.39, 0.29) is 22.2 Å². The predicted molar refractivity (Wildman–Crippen MR) is 75.5 cm³/mol. The van der Waals surface area contributed by atoms with E-state index in [1.54, 1.807) is 6.07 Å². The number of benzene rings is 2. The van der Waals surface area contributed by atoms with Gasteiger partial charge >= 0.3 is 0 Å². The summed E-state index contributed by atoms with van der Waals surface area (Å²) in [6, 6.07) is 7.95. The molecule has 0 atom stereocenters.